The first kappa shape index (κ1) is 4.18. The van der Waals surface area contributed by atoms with E-state index in [1.807, 2.05) is 0 Å². The SMILES string of the molecule is CC1=NC(=O)N=C1. The molecule has 7 heavy (non-hydrogen) atoms. The first-order chi connectivity index (χ1) is 3.29. The van der Waals surface area contributed by atoms with Gasteiger partial charge in [-0.3, -0.25) is 0 Å². The van der Waals surface area contributed by atoms with E-state index in [4.69, 9.17) is 0 Å². The van der Waals surface area contributed by atoms with Crippen LogP contribution in [0.5, 0.6) is 0 Å². The third kappa shape index (κ3) is 0.707. The fraction of sp³-hybridized carbons (Fsp3) is 0.250. The van der Waals surface area contributed by atoms with E-state index in [2.05, 4.69) is 9.98 Å². The van der Waals surface area contributed by atoms with Crippen LogP contribution in [0.2, 0.25) is 0 Å². The monoisotopic (exact) mass is 96.0 g/mol. The van der Waals surface area contributed by atoms with Crippen molar-refractivity contribution in [3.8, 4) is 0 Å². The third-order valence-corrected chi connectivity index (χ3v) is 0.634. The minimum absolute atomic E-state index is 0.391. The third-order valence-electron chi connectivity index (χ3n) is 0.634. The number of rotatable bonds is 0. The van der Waals surface area contributed by atoms with Gasteiger partial charge in [0.2, 0.25) is 0 Å². The molecule has 0 radical (unpaired) electrons. The highest BCUT2D eigenvalue weighted by atomic mass is 16.2. The average Bonchev–Trinajstić information content (AvgIpc) is 1.87. The van der Waals surface area contributed by atoms with Crippen LogP contribution in [0.15, 0.2) is 9.98 Å². The summed E-state index contributed by atoms with van der Waals surface area (Å²) in [6.45, 7) is 1.73. The molecule has 36 valence electrons. The molecule has 1 aliphatic rings. The Morgan fingerprint density at radius 2 is 2.43 bits per heavy atom. The Labute approximate surface area is 40.8 Å². The van der Waals surface area contributed by atoms with Crippen LogP contribution in [-0.4, -0.2) is 18.0 Å². The second-order valence-electron chi connectivity index (χ2n) is 1.29. The second kappa shape index (κ2) is 1.26. The van der Waals surface area contributed by atoms with E-state index in [1.54, 1.807) is 6.92 Å². The fourth-order valence-electron chi connectivity index (χ4n) is 0.357. The van der Waals surface area contributed by atoms with Crippen molar-refractivity contribution in [1.82, 2.24) is 0 Å². The van der Waals surface area contributed by atoms with Crippen molar-refractivity contribution in [2.75, 3.05) is 0 Å². The molecule has 0 aromatic heterocycles. The van der Waals surface area contributed by atoms with Gasteiger partial charge in [-0.05, 0) is 6.92 Å². The van der Waals surface area contributed by atoms with Crippen LogP contribution in [0.1, 0.15) is 6.92 Å². The molecule has 0 aromatic carbocycles. The Hall–Kier alpha value is -0.990. The Morgan fingerprint density at radius 1 is 1.71 bits per heavy atom. The number of urea groups is 1. The predicted molar refractivity (Wildman–Crippen MR) is 27.0 cm³/mol. The lowest BCUT2D eigenvalue weighted by Crippen LogP contribution is -1.83. The van der Waals surface area contributed by atoms with Crippen molar-refractivity contribution in [2.45, 2.75) is 6.92 Å². The minimum Gasteiger partial charge on any atom is -0.244 e. The van der Waals surface area contributed by atoms with E-state index in [0.717, 1.165) is 0 Å². The van der Waals surface area contributed by atoms with Crippen molar-refractivity contribution in [2.24, 2.45) is 9.98 Å². The summed E-state index contributed by atoms with van der Waals surface area (Å²) in [5.41, 5.74) is 0.685. The maximum atomic E-state index is 10.1. The van der Waals surface area contributed by atoms with Gasteiger partial charge in [0.15, 0.2) is 0 Å². The average molecular weight is 96.1 g/mol. The number of hydrogen-bond donors (Lipinski definition) is 0. The molecular weight excluding hydrogens is 92.1 g/mol. The smallest absolute Gasteiger partial charge is 0.244 e. The van der Waals surface area contributed by atoms with Gasteiger partial charge in [0.1, 0.15) is 0 Å². The molecule has 0 fully saturated rings. The summed E-state index contributed by atoms with van der Waals surface area (Å²) in [4.78, 5) is 16.9. The van der Waals surface area contributed by atoms with E-state index in [0.29, 0.717) is 5.71 Å². The number of carbonyl (C=O) groups is 1. The molecule has 0 atom stereocenters. The maximum Gasteiger partial charge on any atom is 0.367 e. The van der Waals surface area contributed by atoms with Gasteiger partial charge in [-0.25, -0.2) is 4.79 Å². The molecule has 0 aliphatic carbocycles. The van der Waals surface area contributed by atoms with E-state index in [9.17, 15) is 4.79 Å². The highest BCUT2D eigenvalue weighted by Crippen LogP contribution is 1.89. The van der Waals surface area contributed by atoms with Crippen LogP contribution in [0, 0.1) is 0 Å². The van der Waals surface area contributed by atoms with Gasteiger partial charge in [0.25, 0.3) is 0 Å². The zero-order chi connectivity index (χ0) is 5.28. The molecule has 0 unspecified atom stereocenters. The molecule has 0 spiro atoms. The van der Waals surface area contributed by atoms with Crippen molar-refractivity contribution in [1.29, 1.82) is 0 Å². The second-order valence-corrected chi connectivity index (χ2v) is 1.29. The van der Waals surface area contributed by atoms with Crippen molar-refractivity contribution >= 4 is 18.0 Å². The number of amides is 2. The molecule has 0 saturated carbocycles. The minimum atomic E-state index is -0.391. The molecule has 0 bridgehead atoms. The topological polar surface area (TPSA) is 41.8 Å². The highest BCUT2D eigenvalue weighted by Gasteiger charge is 1.99. The molecule has 0 N–H and O–H groups in total. The summed E-state index contributed by atoms with van der Waals surface area (Å²) in [5, 5.41) is 0. The van der Waals surface area contributed by atoms with Crippen LogP contribution in [0.4, 0.5) is 4.79 Å². The quantitative estimate of drug-likeness (QED) is 0.436. The summed E-state index contributed by atoms with van der Waals surface area (Å²) in [5.74, 6) is 0. The van der Waals surface area contributed by atoms with E-state index in [-0.39, 0.29) is 0 Å². The summed E-state index contributed by atoms with van der Waals surface area (Å²) in [6, 6.07) is -0.391. The molecule has 3 heteroatoms. The molecule has 1 aliphatic heterocycles. The first-order valence-corrected chi connectivity index (χ1v) is 1.92. The Balaban J connectivity index is 2.88. The van der Waals surface area contributed by atoms with Gasteiger partial charge >= 0.3 is 6.03 Å². The lowest BCUT2D eigenvalue weighted by Gasteiger charge is -1.68. The van der Waals surface area contributed by atoms with Crippen LogP contribution >= 0.6 is 0 Å². The predicted octanol–water partition coefficient (Wildman–Crippen LogP) is 0.652. The normalized spacial score (nSPS) is 17.9. The largest absolute Gasteiger partial charge is 0.367 e. The van der Waals surface area contributed by atoms with E-state index in [1.165, 1.54) is 6.21 Å². The molecule has 1 heterocycles. The van der Waals surface area contributed by atoms with Gasteiger partial charge in [-0.15, -0.1) is 0 Å². The number of nitrogens with zero attached hydrogens (tertiary/aromatic N) is 2. The molecular formula is C4H4N2O. The zero-order valence-corrected chi connectivity index (χ0v) is 3.88. The van der Waals surface area contributed by atoms with Gasteiger partial charge in [0, 0.05) is 0 Å². The van der Waals surface area contributed by atoms with Crippen molar-refractivity contribution in [3.05, 3.63) is 0 Å². The van der Waals surface area contributed by atoms with Crippen LogP contribution in [-0.2, 0) is 0 Å². The van der Waals surface area contributed by atoms with Crippen molar-refractivity contribution in [3.63, 3.8) is 0 Å². The molecule has 1 rings (SSSR count). The summed E-state index contributed by atoms with van der Waals surface area (Å²) in [6.07, 6.45) is 1.45. The lowest BCUT2D eigenvalue weighted by molar-refractivity contribution is 0.257. The molecule has 2 amide bonds. The number of carbonyl (C=O) groups excluding carboxylic acids is 1. The van der Waals surface area contributed by atoms with Crippen LogP contribution in [0.25, 0.3) is 0 Å². The summed E-state index contributed by atoms with van der Waals surface area (Å²) < 4.78 is 0. The fourth-order valence-corrected chi connectivity index (χ4v) is 0.357. The molecule has 0 saturated heterocycles. The van der Waals surface area contributed by atoms with Gasteiger partial charge in [0.05, 0.1) is 11.9 Å². The Morgan fingerprint density at radius 3 is 2.57 bits per heavy atom. The zero-order valence-electron chi connectivity index (χ0n) is 3.88. The van der Waals surface area contributed by atoms with Gasteiger partial charge in [-0.2, -0.15) is 9.98 Å². The van der Waals surface area contributed by atoms with Crippen molar-refractivity contribution < 1.29 is 4.79 Å². The first-order valence-electron chi connectivity index (χ1n) is 1.92. The molecule has 3 nitrogen and oxygen atoms in total. The Bertz CT molecular complexity index is 157. The van der Waals surface area contributed by atoms with Gasteiger partial charge < -0.3 is 0 Å². The maximum absolute atomic E-state index is 10.1. The van der Waals surface area contributed by atoms with E-state index >= 15 is 0 Å². The van der Waals surface area contributed by atoms with E-state index < -0.39 is 6.03 Å². The number of aliphatic imine (C=N–C) groups is 2. The highest BCUT2D eigenvalue weighted by molar-refractivity contribution is 6.36. The lowest BCUT2D eigenvalue weighted by atomic mass is 10.5. The summed E-state index contributed by atoms with van der Waals surface area (Å²) >= 11 is 0. The van der Waals surface area contributed by atoms with Gasteiger partial charge in [-0.1, -0.05) is 0 Å². The summed E-state index contributed by atoms with van der Waals surface area (Å²) in [7, 11) is 0. The standard InChI is InChI=1S/C4H4N2O/c1-3-2-5-4(7)6-3/h2H,1H3. The molecule has 0 aromatic rings. The van der Waals surface area contributed by atoms with Crippen LogP contribution < -0.4 is 0 Å². The number of hydrogen-bond acceptors (Lipinski definition) is 1. The van der Waals surface area contributed by atoms with Crippen LogP contribution in [0.3, 0.4) is 0 Å². The Kier molecular flexibility index (Phi) is 0.749.